The number of halogens is 1. The molecule has 1 aromatic carbocycles. The second-order valence-electron chi connectivity index (χ2n) is 7.88. The molecule has 2 aromatic heterocycles. The van der Waals surface area contributed by atoms with Gasteiger partial charge in [-0.05, 0) is 66.5 Å². The van der Waals surface area contributed by atoms with Crippen molar-refractivity contribution in [2.24, 2.45) is 0 Å². The van der Waals surface area contributed by atoms with Crippen LogP contribution in [0, 0.1) is 3.57 Å². The number of rotatable bonds is 1. The molecule has 4 rings (SSSR count). The van der Waals surface area contributed by atoms with Crippen molar-refractivity contribution < 1.29 is 9.53 Å². The Bertz CT molecular complexity index is 1020. The maximum Gasteiger partial charge on any atom is 0.410 e. The van der Waals surface area contributed by atoms with Crippen LogP contribution < -0.4 is 0 Å². The van der Waals surface area contributed by atoms with Gasteiger partial charge in [0.2, 0.25) is 0 Å². The van der Waals surface area contributed by atoms with Crippen molar-refractivity contribution in [2.75, 3.05) is 6.54 Å². The van der Waals surface area contributed by atoms with Crippen LogP contribution in [0.25, 0.3) is 22.0 Å². The Labute approximate surface area is 172 Å². The SMILES string of the molecule is CC(C)(C)OC(=O)N1CCc2cc(-c3cncc4[nH]cc(I)c34)ccc2C1. The van der Waals surface area contributed by atoms with Gasteiger partial charge in [0.15, 0.2) is 0 Å². The van der Waals surface area contributed by atoms with Gasteiger partial charge in [-0.25, -0.2) is 4.79 Å². The molecule has 0 aliphatic carbocycles. The summed E-state index contributed by atoms with van der Waals surface area (Å²) in [4.78, 5) is 21.8. The fraction of sp³-hybridized carbons (Fsp3) is 0.333. The molecule has 6 heteroatoms. The quantitative estimate of drug-likeness (QED) is 0.497. The lowest BCUT2D eigenvalue weighted by atomic mass is 9.94. The average molecular weight is 475 g/mol. The summed E-state index contributed by atoms with van der Waals surface area (Å²) < 4.78 is 6.70. The second kappa shape index (κ2) is 6.82. The molecule has 1 amide bonds. The lowest BCUT2D eigenvalue weighted by Crippen LogP contribution is -2.39. The number of hydrogen-bond donors (Lipinski definition) is 1. The van der Waals surface area contributed by atoms with Crippen molar-refractivity contribution in [1.82, 2.24) is 14.9 Å². The summed E-state index contributed by atoms with van der Waals surface area (Å²) in [6.45, 7) is 6.95. The summed E-state index contributed by atoms with van der Waals surface area (Å²) in [5.74, 6) is 0. The number of hydrogen-bond acceptors (Lipinski definition) is 3. The van der Waals surface area contributed by atoms with Gasteiger partial charge in [-0.1, -0.05) is 18.2 Å². The Morgan fingerprint density at radius 2 is 2.07 bits per heavy atom. The smallest absolute Gasteiger partial charge is 0.410 e. The highest BCUT2D eigenvalue weighted by Crippen LogP contribution is 2.33. The van der Waals surface area contributed by atoms with Crippen LogP contribution in [0.2, 0.25) is 0 Å². The second-order valence-corrected chi connectivity index (χ2v) is 9.04. The zero-order valence-corrected chi connectivity index (χ0v) is 17.8. The number of nitrogens with one attached hydrogen (secondary N) is 1. The van der Waals surface area contributed by atoms with E-state index in [9.17, 15) is 4.79 Å². The van der Waals surface area contributed by atoms with E-state index in [-0.39, 0.29) is 6.09 Å². The monoisotopic (exact) mass is 475 g/mol. The van der Waals surface area contributed by atoms with Gasteiger partial charge in [0, 0.05) is 40.0 Å². The van der Waals surface area contributed by atoms with E-state index in [0.29, 0.717) is 13.1 Å². The van der Waals surface area contributed by atoms with E-state index in [2.05, 4.69) is 50.8 Å². The molecular formula is C21H22IN3O2. The third kappa shape index (κ3) is 3.67. The molecule has 0 unspecified atom stereocenters. The van der Waals surface area contributed by atoms with Crippen molar-refractivity contribution >= 4 is 39.6 Å². The number of aromatic nitrogens is 2. The van der Waals surface area contributed by atoms with Crippen LogP contribution in [-0.2, 0) is 17.7 Å². The largest absolute Gasteiger partial charge is 0.444 e. The third-order valence-corrected chi connectivity index (χ3v) is 5.57. The zero-order valence-electron chi connectivity index (χ0n) is 15.7. The van der Waals surface area contributed by atoms with Gasteiger partial charge in [-0.2, -0.15) is 0 Å². The van der Waals surface area contributed by atoms with E-state index < -0.39 is 5.60 Å². The van der Waals surface area contributed by atoms with E-state index in [1.165, 1.54) is 20.1 Å². The molecule has 1 N–H and O–H groups in total. The maximum absolute atomic E-state index is 12.4. The van der Waals surface area contributed by atoms with Gasteiger partial charge in [-0.3, -0.25) is 4.98 Å². The minimum Gasteiger partial charge on any atom is -0.444 e. The standard InChI is InChI=1S/C21H22IN3O2/c1-21(2,3)27-20(26)25-7-6-13-8-14(4-5-15(13)12-25)16-9-23-11-18-19(16)17(22)10-24-18/h4-5,8-11,24H,6-7,12H2,1-3H3. The molecule has 1 aliphatic rings. The summed E-state index contributed by atoms with van der Waals surface area (Å²) in [7, 11) is 0. The molecular weight excluding hydrogens is 453 g/mol. The van der Waals surface area contributed by atoms with E-state index >= 15 is 0 Å². The van der Waals surface area contributed by atoms with Crippen molar-refractivity contribution in [1.29, 1.82) is 0 Å². The van der Waals surface area contributed by atoms with Crippen molar-refractivity contribution in [3.63, 3.8) is 0 Å². The van der Waals surface area contributed by atoms with Gasteiger partial charge >= 0.3 is 6.09 Å². The summed E-state index contributed by atoms with van der Waals surface area (Å²) in [5.41, 5.74) is 5.34. The highest BCUT2D eigenvalue weighted by molar-refractivity contribution is 14.1. The Morgan fingerprint density at radius 1 is 1.26 bits per heavy atom. The zero-order chi connectivity index (χ0) is 19.2. The van der Waals surface area contributed by atoms with Crippen LogP contribution in [0.5, 0.6) is 0 Å². The van der Waals surface area contributed by atoms with Crippen LogP contribution in [0.15, 0.2) is 36.8 Å². The molecule has 27 heavy (non-hydrogen) atoms. The van der Waals surface area contributed by atoms with E-state index in [1.807, 2.05) is 39.4 Å². The molecule has 0 saturated carbocycles. The average Bonchev–Trinajstić information content (AvgIpc) is 3.01. The molecule has 0 spiro atoms. The Morgan fingerprint density at radius 3 is 2.85 bits per heavy atom. The van der Waals surface area contributed by atoms with Gasteiger partial charge < -0.3 is 14.6 Å². The van der Waals surface area contributed by atoms with Gasteiger partial charge in [-0.15, -0.1) is 0 Å². The normalized spacial score (nSPS) is 14.3. The minimum absolute atomic E-state index is 0.243. The molecule has 0 fully saturated rings. The molecule has 0 bridgehead atoms. The third-order valence-electron chi connectivity index (χ3n) is 4.72. The maximum atomic E-state index is 12.4. The number of carbonyl (C=O) groups is 1. The molecule has 5 nitrogen and oxygen atoms in total. The minimum atomic E-state index is -0.472. The Hall–Kier alpha value is -2.09. The number of benzene rings is 1. The Kier molecular flexibility index (Phi) is 4.61. The number of pyridine rings is 1. The van der Waals surface area contributed by atoms with Crippen LogP contribution >= 0.6 is 22.6 Å². The highest BCUT2D eigenvalue weighted by atomic mass is 127. The number of H-pyrrole nitrogens is 1. The fourth-order valence-corrected chi connectivity index (χ4v) is 4.20. The van der Waals surface area contributed by atoms with Crippen LogP contribution in [0.4, 0.5) is 4.79 Å². The summed E-state index contributed by atoms with van der Waals surface area (Å²) >= 11 is 2.35. The number of ether oxygens (including phenoxy) is 1. The van der Waals surface area contributed by atoms with Crippen LogP contribution in [0.3, 0.4) is 0 Å². The van der Waals surface area contributed by atoms with Gasteiger partial charge in [0.25, 0.3) is 0 Å². The summed E-state index contributed by atoms with van der Waals surface area (Å²) in [6.07, 6.45) is 6.38. The van der Waals surface area contributed by atoms with Crippen LogP contribution in [0.1, 0.15) is 31.9 Å². The number of nitrogens with zero attached hydrogens (tertiary/aromatic N) is 2. The van der Waals surface area contributed by atoms with Gasteiger partial charge in [0.05, 0.1) is 11.7 Å². The van der Waals surface area contributed by atoms with E-state index in [0.717, 1.165) is 23.1 Å². The van der Waals surface area contributed by atoms with Gasteiger partial charge in [0.1, 0.15) is 5.60 Å². The first-order chi connectivity index (χ1) is 12.8. The summed E-state index contributed by atoms with van der Waals surface area (Å²) in [6, 6.07) is 6.48. The first kappa shape index (κ1) is 18.3. The van der Waals surface area contributed by atoms with E-state index in [1.54, 1.807) is 4.90 Å². The predicted octanol–water partition coefficient (Wildman–Crippen LogP) is 5.13. The molecule has 3 heterocycles. The Balaban J connectivity index is 1.63. The van der Waals surface area contributed by atoms with Crippen molar-refractivity contribution in [3.8, 4) is 11.1 Å². The highest BCUT2D eigenvalue weighted by Gasteiger charge is 2.26. The number of fused-ring (bicyclic) bond motifs is 2. The molecule has 140 valence electrons. The molecule has 0 saturated heterocycles. The van der Waals surface area contributed by atoms with Crippen molar-refractivity contribution in [3.05, 3.63) is 51.5 Å². The van der Waals surface area contributed by atoms with E-state index in [4.69, 9.17) is 4.74 Å². The van der Waals surface area contributed by atoms with Crippen LogP contribution in [-0.4, -0.2) is 33.1 Å². The lowest BCUT2D eigenvalue weighted by Gasteiger charge is -2.31. The molecule has 0 radical (unpaired) electrons. The topological polar surface area (TPSA) is 58.2 Å². The first-order valence-electron chi connectivity index (χ1n) is 9.02. The number of amides is 1. The molecule has 3 aromatic rings. The molecule has 1 aliphatic heterocycles. The number of aromatic amines is 1. The number of carbonyl (C=O) groups excluding carboxylic acids is 1. The molecule has 0 atom stereocenters. The summed E-state index contributed by atoms with van der Waals surface area (Å²) in [5, 5.41) is 1.21. The lowest BCUT2D eigenvalue weighted by molar-refractivity contribution is 0.0224. The first-order valence-corrected chi connectivity index (χ1v) is 10.1. The van der Waals surface area contributed by atoms with Crippen molar-refractivity contribution in [2.45, 2.75) is 39.3 Å². The predicted molar refractivity (Wildman–Crippen MR) is 115 cm³/mol. The fourth-order valence-electron chi connectivity index (χ4n) is 3.46.